The highest BCUT2D eigenvalue weighted by Crippen LogP contribution is 2.44. The monoisotopic (exact) mass is 401 g/mol. The largest absolute Gasteiger partial charge is 0.497 e. The SMILES string of the molecule is CCCCC1=CCN(S(=O)(=O)c2ccc(C)cc2)c2cc(OC)cc(OC)c21. The first kappa shape index (κ1) is 20.3. The third-order valence-corrected chi connectivity index (χ3v) is 6.81. The number of anilines is 1. The molecule has 28 heavy (non-hydrogen) atoms. The highest BCUT2D eigenvalue weighted by Gasteiger charge is 2.32. The molecule has 0 saturated carbocycles. The van der Waals surface area contributed by atoms with E-state index < -0.39 is 10.0 Å². The lowest BCUT2D eigenvalue weighted by Gasteiger charge is -2.31. The number of aryl methyl sites for hydroxylation is 1. The lowest BCUT2D eigenvalue weighted by atomic mass is 9.94. The molecule has 1 aliphatic rings. The van der Waals surface area contributed by atoms with Crippen molar-refractivity contribution in [1.29, 1.82) is 0 Å². The standard InChI is InChI=1S/C22H27NO4S/c1-5-6-7-17-12-13-23(28(24,25)19-10-8-16(2)9-11-19)20-14-18(26-3)15-21(27-4)22(17)20/h8-12,14-15H,5-7,13H2,1-4H3. The van der Waals surface area contributed by atoms with Gasteiger partial charge in [-0.1, -0.05) is 37.1 Å². The summed E-state index contributed by atoms with van der Waals surface area (Å²) in [7, 11) is -0.545. The zero-order valence-electron chi connectivity index (χ0n) is 16.9. The van der Waals surface area contributed by atoms with E-state index in [9.17, 15) is 8.42 Å². The highest BCUT2D eigenvalue weighted by atomic mass is 32.2. The first-order valence-corrected chi connectivity index (χ1v) is 10.9. The van der Waals surface area contributed by atoms with E-state index in [1.54, 1.807) is 38.5 Å². The molecule has 0 amide bonds. The quantitative estimate of drug-likeness (QED) is 0.669. The number of ether oxygens (including phenoxy) is 2. The van der Waals surface area contributed by atoms with Gasteiger partial charge in [0, 0.05) is 17.7 Å². The average molecular weight is 402 g/mol. The van der Waals surface area contributed by atoms with Gasteiger partial charge in [0.2, 0.25) is 0 Å². The fourth-order valence-electron chi connectivity index (χ4n) is 3.43. The number of hydrogen-bond donors (Lipinski definition) is 0. The summed E-state index contributed by atoms with van der Waals surface area (Å²) in [5.41, 5.74) is 3.57. The molecule has 1 aliphatic heterocycles. The first-order valence-electron chi connectivity index (χ1n) is 9.47. The van der Waals surface area contributed by atoms with E-state index in [1.807, 2.05) is 25.1 Å². The van der Waals surface area contributed by atoms with Crippen molar-refractivity contribution >= 4 is 21.3 Å². The molecule has 2 aromatic rings. The van der Waals surface area contributed by atoms with Crippen LogP contribution < -0.4 is 13.8 Å². The summed E-state index contributed by atoms with van der Waals surface area (Å²) in [5, 5.41) is 0. The Labute approximate surface area is 167 Å². The molecule has 0 aromatic heterocycles. The fourth-order valence-corrected chi connectivity index (χ4v) is 4.84. The van der Waals surface area contributed by atoms with E-state index in [2.05, 4.69) is 6.92 Å². The van der Waals surface area contributed by atoms with Crippen LogP contribution in [0, 0.1) is 6.92 Å². The molecule has 0 radical (unpaired) electrons. The first-order chi connectivity index (χ1) is 13.4. The van der Waals surface area contributed by atoms with Crippen LogP contribution in [-0.2, 0) is 10.0 Å². The number of benzene rings is 2. The van der Waals surface area contributed by atoms with Gasteiger partial charge < -0.3 is 9.47 Å². The summed E-state index contributed by atoms with van der Waals surface area (Å²) in [5.74, 6) is 1.19. The topological polar surface area (TPSA) is 55.8 Å². The Morgan fingerprint density at radius 2 is 1.79 bits per heavy atom. The Bertz CT molecular complexity index is 978. The Kier molecular flexibility index (Phi) is 5.98. The van der Waals surface area contributed by atoms with Crippen LogP contribution in [0.15, 0.2) is 47.4 Å². The molecular formula is C22H27NO4S. The Morgan fingerprint density at radius 1 is 1.07 bits per heavy atom. The number of methoxy groups -OCH3 is 2. The van der Waals surface area contributed by atoms with Crippen LogP contribution in [0.1, 0.15) is 37.3 Å². The number of hydrogen-bond acceptors (Lipinski definition) is 4. The molecule has 0 bridgehead atoms. The van der Waals surface area contributed by atoms with Crippen molar-refractivity contribution in [3.63, 3.8) is 0 Å². The van der Waals surface area contributed by atoms with Crippen LogP contribution in [0.4, 0.5) is 5.69 Å². The average Bonchev–Trinajstić information content (AvgIpc) is 2.71. The number of rotatable bonds is 7. The van der Waals surface area contributed by atoms with Crippen molar-refractivity contribution in [1.82, 2.24) is 0 Å². The zero-order chi connectivity index (χ0) is 20.3. The van der Waals surface area contributed by atoms with Gasteiger partial charge in [-0.05, 0) is 37.5 Å². The van der Waals surface area contributed by atoms with Gasteiger partial charge in [0.25, 0.3) is 10.0 Å². The summed E-state index contributed by atoms with van der Waals surface area (Å²) in [6.45, 7) is 4.37. The zero-order valence-corrected chi connectivity index (χ0v) is 17.7. The molecule has 6 heteroatoms. The lowest BCUT2D eigenvalue weighted by Crippen LogP contribution is -2.34. The normalized spacial score (nSPS) is 13.7. The van der Waals surface area contributed by atoms with Gasteiger partial charge in [-0.3, -0.25) is 4.31 Å². The molecule has 0 atom stereocenters. The molecule has 150 valence electrons. The van der Waals surface area contributed by atoms with Gasteiger partial charge in [-0.15, -0.1) is 0 Å². The van der Waals surface area contributed by atoms with Crippen LogP contribution in [0.3, 0.4) is 0 Å². The fraction of sp³-hybridized carbons (Fsp3) is 0.364. The maximum absolute atomic E-state index is 13.4. The van der Waals surface area contributed by atoms with Crippen LogP contribution in [0.25, 0.3) is 5.57 Å². The van der Waals surface area contributed by atoms with Crippen molar-refractivity contribution in [2.75, 3.05) is 25.1 Å². The van der Waals surface area contributed by atoms with E-state index in [0.717, 1.165) is 36.0 Å². The summed E-state index contributed by atoms with van der Waals surface area (Å²) in [4.78, 5) is 0.274. The van der Waals surface area contributed by atoms with Gasteiger partial charge in [-0.25, -0.2) is 8.42 Å². The second-order valence-corrected chi connectivity index (χ2v) is 8.77. The molecule has 0 unspecified atom stereocenters. The van der Waals surface area contributed by atoms with E-state index >= 15 is 0 Å². The summed E-state index contributed by atoms with van der Waals surface area (Å²) < 4.78 is 39.2. The van der Waals surface area contributed by atoms with Crippen LogP contribution in [0.5, 0.6) is 11.5 Å². The van der Waals surface area contributed by atoms with Crippen LogP contribution in [-0.4, -0.2) is 29.2 Å². The predicted molar refractivity (Wildman–Crippen MR) is 113 cm³/mol. The van der Waals surface area contributed by atoms with Crippen LogP contribution in [0.2, 0.25) is 0 Å². The van der Waals surface area contributed by atoms with Crippen molar-refractivity contribution in [3.05, 3.63) is 53.6 Å². The summed E-state index contributed by atoms with van der Waals surface area (Å²) in [6, 6.07) is 10.5. The molecule has 1 heterocycles. The third-order valence-electron chi connectivity index (χ3n) is 5.01. The smallest absolute Gasteiger partial charge is 0.264 e. The Morgan fingerprint density at radius 3 is 2.39 bits per heavy atom. The third kappa shape index (κ3) is 3.74. The van der Waals surface area contributed by atoms with Gasteiger partial charge in [0.05, 0.1) is 31.3 Å². The van der Waals surface area contributed by atoms with E-state index in [4.69, 9.17) is 9.47 Å². The van der Waals surface area contributed by atoms with Crippen molar-refractivity contribution in [2.45, 2.75) is 38.0 Å². The lowest BCUT2D eigenvalue weighted by molar-refractivity contribution is 0.393. The minimum atomic E-state index is -3.71. The van der Waals surface area contributed by atoms with Crippen LogP contribution >= 0.6 is 0 Å². The number of fused-ring (bicyclic) bond motifs is 1. The highest BCUT2D eigenvalue weighted by molar-refractivity contribution is 7.92. The van der Waals surface area contributed by atoms with Gasteiger partial charge >= 0.3 is 0 Å². The minimum Gasteiger partial charge on any atom is -0.497 e. The van der Waals surface area contributed by atoms with Gasteiger partial charge in [-0.2, -0.15) is 0 Å². The molecule has 0 aliphatic carbocycles. The van der Waals surface area contributed by atoms with E-state index in [-0.39, 0.29) is 4.90 Å². The molecule has 5 nitrogen and oxygen atoms in total. The molecule has 2 aromatic carbocycles. The van der Waals surface area contributed by atoms with E-state index in [1.165, 1.54) is 4.31 Å². The molecule has 0 N–H and O–H groups in total. The molecule has 3 rings (SSSR count). The van der Waals surface area contributed by atoms with Crippen molar-refractivity contribution in [3.8, 4) is 11.5 Å². The maximum atomic E-state index is 13.4. The minimum absolute atomic E-state index is 0.274. The van der Waals surface area contributed by atoms with Gasteiger partial charge in [0.15, 0.2) is 0 Å². The summed E-state index contributed by atoms with van der Waals surface area (Å²) in [6.07, 6.45) is 4.98. The number of unbranched alkanes of at least 4 members (excludes halogenated alkanes) is 1. The summed E-state index contributed by atoms with van der Waals surface area (Å²) >= 11 is 0. The Balaban J connectivity index is 2.16. The second kappa shape index (κ2) is 8.27. The van der Waals surface area contributed by atoms with Crippen molar-refractivity contribution < 1.29 is 17.9 Å². The number of allylic oxidation sites excluding steroid dienone is 1. The van der Waals surface area contributed by atoms with E-state index in [0.29, 0.717) is 23.7 Å². The molecular weight excluding hydrogens is 374 g/mol. The van der Waals surface area contributed by atoms with Crippen molar-refractivity contribution in [2.24, 2.45) is 0 Å². The van der Waals surface area contributed by atoms with Gasteiger partial charge in [0.1, 0.15) is 11.5 Å². The molecule has 0 fully saturated rings. The number of sulfonamides is 1. The second-order valence-electron chi connectivity index (χ2n) is 6.91. The molecule has 0 spiro atoms. The molecule has 0 saturated heterocycles. The Hall–Kier alpha value is -2.47. The maximum Gasteiger partial charge on any atom is 0.264 e. The predicted octanol–water partition coefficient (Wildman–Crippen LogP) is 4.79. The number of nitrogens with zero attached hydrogens (tertiary/aromatic N) is 1.